The van der Waals surface area contributed by atoms with Crippen LogP contribution in [0.4, 0.5) is 0 Å². The molecule has 1 unspecified atom stereocenters. The largest absolute Gasteiger partial charge is 0.444 e. The minimum atomic E-state index is -0.613. The maximum atomic E-state index is 11.6. The van der Waals surface area contributed by atoms with Crippen LogP contribution >= 0.6 is 16.9 Å². The average Bonchev–Trinajstić information content (AvgIpc) is 2.15. The van der Waals surface area contributed by atoms with E-state index in [0.717, 1.165) is 19.3 Å². The lowest BCUT2D eigenvalue weighted by Gasteiger charge is -2.17. The number of hydrogen-bond donors (Lipinski definition) is 2. The number of nitrogens with one attached hydrogen (secondary N) is 1. The van der Waals surface area contributed by atoms with Gasteiger partial charge in [0.05, 0.1) is 8.15 Å². The topological polar surface area (TPSA) is 64.3 Å². The van der Waals surface area contributed by atoms with Gasteiger partial charge in [-0.3, -0.25) is 9.88 Å². The van der Waals surface area contributed by atoms with Crippen molar-refractivity contribution in [2.24, 2.45) is 5.73 Å². The van der Waals surface area contributed by atoms with Gasteiger partial charge in [0.15, 0.2) is 0 Å². The summed E-state index contributed by atoms with van der Waals surface area (Å²) in [6, 6.07) is -0.148. The molecule has 0 bridgehead atoms. The third kappa shape index (κ3) is 8.10. The summed E-state index contributed by atoms with van der Waals surface area (Å²) in [5.41, 5.74) is 5.41. The average molecular weight is 252 g/mol. The van der Waals surface area contributed by atoms with Gasteiger partial charge in [0.2, 0.25) is 0 Å². The maximum Gasteiger partial charge on any atom is 0.326 e. The molecule has 0 rings (SSSR count). The van der Waals surface area contributed by atoms with E-state index in [9.17, 15) is 4.79 Å². The molecule has 0 spiro atoms. The summed E-state index contributed by atoms with van der Waals surface area (Å²) in [5.74, 6) is -0.113. The van der Waals surface area contributed by atoms with Crippen LogP contribution in [0.15, 0.2) is 0 Å². The Kier molecular flexibility index (Phi) is 9.63. The summed E-state index contributed by atoms with van der Waals surface area (Å²) in [6.45, 7) is 6.56. The fourth-order valence-corrected chi connectivity index (χ4v) is 2.26. The van der Waals surface area contributed by atoms with Gasteiger partial charge in [0.1, 0.15) is 6.04 Å². The molecule has 0 saturated heterocycles. The van der Waals surface area contributed by atoms with Gasteiger partial charge < -0.3 is 10.3 Å². The van der Waals surface area contributed by atoms with Crippen molar-refractivity contribution < 1.29 is 9.32 Å². The molecule has 0 aromatic carbocycles. The molecule has 0 radical (unpaired) electrons. The molecule has 0 aliphatic heterocycles. The Balaban J connectivity index is 3.94. The number of nitrogens with two attached hydrogens (primary N) is 1. The molecule has 0 aliphatic rings. The van der Waals surface area contributed by atoms with E-state index in [1.165, 1.54) is 0 Å². The van der Waals surface area contributed by atoms with Gasteiger partial charge in [-0.05, 0) is 39.4 Å². The third-order valence-corrected chi connectivity index (χ3v) is 3.00. The predicted octanol–water partition coefficient (Wildman–Crippen LogP) is 1.50. The Bertz CT molecular complexity index is 179. The molecule has 0 aliphatic carbocycles. The molecule has 0 fully saturated rings. The number of carbonyl (C=O) groups is 1. The summed E-state index contributed by atoms with van der Waals surface area (Å²) >= 11 is 0. The highest BCUT2D eigenvalue weighted by atomic mass is 31.1. The lowest BCUT2D eigenvalue weighted by Crippen LogP contribution is -2.32. The standard InChI is InChI=1S/C9H22N2O2P2/c1-14-11-8(6-4-5-7-10)9(12)13-15(2)3/h8,11,14H,4-7,10H2,1-3H3/t8-/m0/s1. The van der Waals surface area contributed by atoms with E-state index in [1.807, 2.05) is 20.0 Å². The molecular weight excluding hydrogens is 230 g/mol. The summed E-state index contributed by atoms with van der Waals surface area (Å²) in [7, 11) is -0.0483. The molecule has 0 aromatic heterocycles. The zero-order valence-corrected chi connectivity index (χ0v) is 11.6. The van der Waals surface area contributed by atoms with Crippen molar-refractivity contribution in [1.82, 2.24) is 5.09 Å². The van der Waals surface area contributed by atoms with E-state index in [1.54, 1.807) is 0 Å². The summed E-state index contributed by atoms with van der Waals surface area (Å²) in [5, 5.41) is 3.17. The highest BCUT2D eigenvalue weighted by Gasteiger charge is 2.19. The minimum absolute atomic E-state index is 0.113. The molecule has 15 heavy (non-hydrogen) atoms. The summed E-state index contributed by atoms with van der Waals surface area (Å²) in [4.78, 5) is 11.6. The molecule has 0 heterocycles. The van der Waals surface area contributed by atoms with E-state index in [-0.39, 0.29) is 12.0 Å². The van der Waals surface area contributed by atoms with E-state index < -0.39 is 8.15 Å². The smallest absolute Gasteiger partial charge is 0.326 e. The van der Waals surface area contributed by atoms with Crippen molar-refractivity contribution in [3.8, 4) is 0 Å². The quantitative estimate of drug-likeness (QED) is 0.507. The number of unbranched alkanes of at least 4 members (excludes halogenated alkanes) is 1. The normalized spacial score (nSPS) is 13.7. The van der Waals surface area contributed by atoms with Crippen molar-refractivity contribution in [1.29, 1.82) is 0 Å². The number of rotatable bonds is 8. The van der Waals surface area contributed by atoms with Crippen molar-refractivity contribution in [2.45, 2.75) is 25.3 Å². The van der Waals surface area contributed by atoms with Gasteiger partial charge >= 0.3 is 5.97 Å². The highest BCUT2D eigenvalue weighted by Crippen LogP contribution is 2.27. The van der Waals surface area contributed by atoms with Crippen LogP contribution in [-0.4, -0.2) is 38.6 Å². The van der Waals surface area contributed by atoms with Gasteiger partial charge in [-0.25, -0.2) is 0 Å². The molecule has 0 amide bonds. The molecule has 2 atom stereocenters. The summed E-state index contributed by atoms with van der Waals surface area (Å²) in [6.07, 6.45) is 2.75. The van der Waals surface area contributed by atoms with Crippen LogP contribution in [0.5, 0.6) is 0 Å². The Morgan fingerprint density at radius 2 is 2.20 bits per heavy atom. The van der Waals surface area contributed by atoms with Crippen molar-refractivity contribution in [3.63, 3.8) is 0 Å². The Labute approximate surface area is 95.4 Å². The van der Waals surface area contributed by atoms with Crippen LogP contribution < -0.4 is 10.8 Å². The number of carbonyl (C=O) groups excluding carboxylic acids is 1. The van der Waals surface area contributed by atoms with E-state index >= 15 is 0 Å². The van der Waals surface area contributed by atoms with Crippen LogP contribution in [0.1, 0.15) is 19.3 Å². The monoisotopic (exact) mass is 252 g/mol. The fourth-order valence-electron chi connectivity index (χ4n) is 1.16. The molecule has 0 saturated carbocycles. The van der Waals surface area contributed by atoms with Crippen molar-refractivity contribution in [3.05, 3.63) is 0 Å². The first-order valence-corrected chi connectivity index (χ1v) is 8.78. The lowest BCUT2D eigenvalue weighted by molar-refractivity contribution is -0.135. The SMILES string of the molecule is CPN[C@@H](CCCCN)C(=O)OP(C)C. The highest BCUT2D eigenvalue weighted by molar-refractivity contribution is 7.51. The van der Waals surface area contributed by atoms with Crippen molar-refractivity contribution >= 4 is 22.8 Å². The Morgan fingerprint density at radius 1 is 1.53 bits per heavy atom. The van der Waals surface area contributed by atoms with Crippen molar-refractivity contribution in [2.75, 3.05) is 26.5 Å². The van der Waals surface area contributed by atoms with Crippen LogP contribution in [-0.2, 0) is 9.32 Å². The molecule has 4 nitrogen and oxygen atoms in total. The van der Waals surface area contributed by atoms with Gasteiger partial charge in [0.25, 0.3) is 0 Å². The first-order chi connectivity index (χ1) is 7.11. The fraction of sp³-hybridized carbons (Fsp3) is 0.889. The molecule has 6 heteroatoms. The van der Waals surface area contributed by atoms with E-state index in [0.29, 0.717) is 15.3 Å². The predicted molar refractivity (Wildman–Crippen MR) is 68.9 cm³/mol. The van der Waals surface area contributed by atoms with Crippen LogP contribution in [0.25, 0.3) is 0 Å². The second kappa shape index (κ2) is 9.47. The van der Waals surface area contributed by atoms with Gasteiger partial charge in [-0.2, -0.15) is 0 Å². The molecule has 0 aromatic rings. The second-order valence-electron chi connectivity index (χ2n) is 3.45. The zero-order valence-electron chi connectivity index (χ0n) is 9.75. The minimum Gasteiger partial charge on any atom is -0.444 e. The first kappa shape index (κ1) is 15.2. The van der Waals surface area contributed by atoms with Crippen LogP contribution in [0.2, 0.25) is 0 Å². The first-order valence-electron chi connectivity index (χ1n) is 5.13. The Morgan fingerprint density at radius 3 is 2.67 bits per heavy atom. The van der Waals surface area contributed by atoms with Gasteiger partial charge in [-0.15, -0.1) is 0 Å². The van der Waals surface area contributed by atoms with Crippen LogP contribution in [0, 0.1) is 0 Å². The third-order valence-electron chi connectivity index (χ3n) is 1.82. The molecule has 3 N–H and O–H groups in total. The Hall–Kier alpha value is 0.250. The second-order valence-corrected chi connectivity index (χ2v) is 6.05. The van der Waals surface area contributed by atoms with Gasteiger partial charge in [-0.1, -0.05) is 15.2 Å². The number of hydrogen-bond acceptors (Lipinski definition) is 4. The molecular formula is C9H22N2O2P2. The van der Waals surface area contributed by atoms with Gasteiger partial charge in [0, 0.05) is 0 Å². The van der Waals surface area contributed by atoms with Crippen LogP contribution in [0.3, 0.4) is 0 Å². The lowest BCUT2D eigenvalue weighted by atomic mass is 10.1. The van der Waals surface area contributed by atoms with E-state index in [4.69, 9.17) is 10.3 Å². The summed E-state index contributed by atoms with van der Waals surface area (Å²) < 4.78 is 5.23. The maximum absolute atomic E-state index is 11.6. The zero-order chi connectivity index (χ0) is 11.7. The molecule has 90 valence electrons. The van der Waals surface area contributed by atoms with E-state index in [2.05, 4.69) is 5.09 Å².